The summed E-state index contributed by atoms with van der Waals surface area (Å²) in [5, 5.41) is 0. The van der Waals surface area contributed by atoms with E-state index < -0.39 is 11.6 Å². The third-order valence-corrected chi connectivity index (χ3v) is 3.24. The van der Waals surface area contributed by atoms with Crippen LogP contribution in [0.2, 0.25) is 0 Å². The van der Waals surface area contributed by atoms with Crippen LogP contribution in [0.15, 0.2) is 42.5 Å². The number of fused-ring (bicyclic) bond motifs is 1. The van der Waals surface area contributed by atoms with Crippen LogP contribution in [0.3, 0.4) is 0 Å². The van der Waals surface area contributed by atoms with Gasteiger partial charge in [0.15, 0.2) is 0 Å². The standard InChI is InChI=1S/C15H12F2N2/c1-19-14-5-3-2-4-13(14)18-15(19)8-10-6-7-11(16)9-12(10)17/h2-7,9H,8H2,1H3. The van der Waals surface area contributed by atoms with Gasteiger partial charge in [0, 0.05) is 19.5 Å². The van der Waals surface area contributed by atoms with Gasteiger partial charge in [-0.15, -0.1) is 0 Å². The quantitative estimate of drug-likeness (QED) is 0.688. The molecule has 2 aromatic carbocycles. The predicted octanol–water partition coefficient (Wildman–Crippen LogP) is 3.44. The number of rotatable bonds is 2. The molecular formula is C15H12F2N2. The Hall–Kier alpha value is -2.23. The van der Waals surface area contributed by atoms with Gasteiger partial charge in [0.1, 0.15) is 17.5 Å². The Morgan fingerprint density at radius 3 is 2.63 bits per heavy atom. The zero-order valence-electron chi connectivity index (χ0n) is 10.4. The van der Waals surface area contributed by atoms with E-state index in [0.717, 1.165) is 22.9 Å². The highest BCUT2D eigenvalue weighted by molar-refractivity contribution is 5.75. The Morgan fingerprint density at radius 2 is 1.89 bits per heavy atom. The third-order valence-electron chi connectivity index (χ3n) is 3.24. The van der Waals surface area contributed by atoms with Crippen molar-refractivity contribution in [2.24, 2.45) is 7.05 Å². The first-order valence-electron chi connectivity index (χ1n) is 5.99. The number of para-hydroxylation sites is 2. The molecule has 3 aromatic rings. The Bertz CT molecular complexity index is 747. The maximum absolute atomic E-state index is 13.6. The van der Waals surface area contributed by atoms with Crippen LogP contribution in [-0.2, 0) is 13.5 Å². The van der Waals surface area contributed by atoms with E-state index in [9.17, 15) is 8.78 Å². The molecule has 4 heteroatoms. The van der Waals surface area contributed by atoms with Crippen LogP contribution in [0.5, 0.6) is 0 Å². The monoisotopic (exact) mass is 258 g/mol. The molecule has 0 aliphatic heterocycles. The second-order valence-corrected chi connectivity index (χ2v) is 4.49. The molecule has 0 atom stereocenters. The molecule has 0 unspecified atom stereocenters. The highest BCUT2D eigenvalue weighted by Crippen LogP contribution is 2.18. The minimum atomic E-state index is -0.564. The molecule has 0 spiro atoms. The van der Waals surface area contributed by atoms with Gasteiger partial charge in [-0.25, -0.2) is 13.8 Å². The van der Waals surface area contributed by atoms with Crippen LogP contribution in [0, 0.1) is 11.6 Å². The van der Waals surface area contributed by atoms with Gasteiger partial charge in [0.2, 0.25) is 0 Å². The first-order chi connectivity index (χ1) is 9.15. The Kier molecular flexibility index (Phi) is 2.78. The fourth-order valence-electron chi connectivity index (χ4n) is 2.19. The Morgan fingerprint density at radius 1 is 1.11 bits per heavy atom. The Labute approximate surface area is 109 Å². The van der Waals surface area contributed by atoms with E-state index >= 15 is 0 Å². The smallest absolute Gasteiger partial charge is 0.129 e. The summed E-state index contributed by atoms with van der Waals surface area (Å²) in [5.74, 6) is -0.343. The van der Waals surface area contributed by atoms with Gasteiger partial charge < -0.3 is 4.57 Å². The average molecular weight is 258 g/mol. The molecule has 96 valence electrons. The van der Waals surface area contributed by atoms with Crippen LogP contribution in [0.1, 0.15) is 11.4 Å². The van der Waals surface area contributed by atoms with Crippen LogP contribution < -0.4 is 0 Å². The zero-order valence-corrected chi connectivity index (χ0v) is 10.4. The maximum atomic E-state index is 13.6. The highest BCUT2D eigenvalue weighted by atomic mass is 19.1. The van der Waals surface area contributed by atoms with E-state index in [-0.39, 0.29) is 0 Å². The van der Waals surface area contributed by atoms with Gasteiger partial charge in [-0.05, 0) is 23.8 Å². The molecule has 0 radical (unpaired) electrons. The lowest BCUT2D eigenvalue weighted by molar-refractivity contribution is 0.573. The summed E-state index contributed by atoms with van der Waals surface area (Å²) in [6, 6.07) is 11.4. The molecule has 0 saturated carbocycles. The number of halogens is 2. The van der Waals surface area contributed by atoms with Crippen molar-refractivity contribution < 1.29 is 8.78 Å². The predicted molar refractivity (Wildman–Crippen MR) is 69.9 cm³/mol. The number of nitrogens with zero attached hydrogens (tertiary/aromatic N) is 2. The molecule has 0 N–H and O–H groups in total. The number of aromatic nitrogens is 2. The van der Waals surface area contributed by atoms with Crippen LogP contribution in [-0.4, -0.2) is 9.55 Å². The van der Waals surface area contributed by atoms with Gasteiger partial charge in [0.25, 0.3) is 0 Å². The molecule has 2 nitrogen and oxygen atoms in total. The van der Waals surface area contributed by atoms with Crippen LogP contribution in [0.25, 0.3) is 11.0 Å². The van der Waals surface area contributed by atoms with Gasteiger partial charge in [-0.2, -0.15) is 0 Å². The molecule has 1 aromatic heterocycles. The number of benzene rings is 2. The minimum absolute atomic E-state index is 0.345. The molecule has 3 rings (SSSR count). The summed E-state index contributed by atoms with van der Waals surface area (Å²) >= 11 is 0. The lowest BCUT2D eigenvalue weighted by atomic mass is 10.1. The third kappa shape index (κ3) is 2.10. The SMILES string of the molecule is Cn1c(Cc2ccc(F)cc2F)nc2ccccc21. The van der Waals surface area contributed by atoms with Gasteiger partial charge in [-0.3, -0.25) is 0 Å². The lowest BCUT2D eigenvalue weighted by Crippen LogP contribution is -2.01. The van der Waals surface area contributed by atoms with Gasteiger partial charge in [0.05, 0.1) is 11.0 Å². The van der Waals surface area contributed by atoms with E-state index in [2.05, 4.69) is 4.98 Å². The van der Waals surface area contributed by atoms with E-state index in [1.165, 1.54) is 12.1 Å². The van der Waals surface area contributed by atoms with Crippen molar-refractivity contribution in [2.45, 2.75) is 6.42 Å². The summed E-state index contributed by atoms with van der Waals surface area (Å²) in [6.07, 6.45) is 0.345. The molecule has 0 fully saturated rings. The fourth-order valence-corrected chi connectivity index (χ4v) is 2.19. The molecule has 0 bridgehead atoms. The van der Waals surface area contributed by atoms with Crippen molar-refractivity contribution in [1.82, 2.24) is 9.55 Å². The van der Waals surface area contributed by atoms with Crippen LogP contribution >= 0.6 is 0 Å². The number of imidazole rings is 1. The molecular weight excluding hydrogens is 246 g/mol. The average Bonchev–Trinajstić information content (AvgIpc) is 2.70. The van der Waals surface area contributed by atoms with E-state index in [1.807, 2.05) is 35.9 Å². The van der Waals surface area contributed by atoms with E-state index in [0.29, 0.717) is 12.0 Å². The molecule has 1 heterocycles. The first-order valence-corrected chi connectivity index (χ1v) is 5.99. The number of hydrogen-bond donors (Lipinski definition) is 0. The highest BCUT2D eigenvalue weighted by Gasteiger charge is 2.11. The second-order valence-electron chi connectivity index (χ2n) is 4.49. The normalized spacial score (nSPS) is 11.1. The summed E-state index contributed by atoms with van der Waals surface area (Å²) in [7, 11) is 1.89. The molecule has 0 saturated heterocycles. The fraction of sp³-hybridized carbons (Fsp3) is 0.133. The van der Waals surface area contributed by atoms with Crippen molar-refractivity contribution in [1.29, 1.82) is 0 Å². The topological polar surface area (TPSA) is 17.8 Å². The number of hydrogen-bond acceptors (Lipinski definition) is 1. The first kappa shape index (κ1) is 11.8. The van der Waals surface area contributed by atoms with E-state index in [1.54, 1.807) is 0 Å². The second kappa shape index (κ2) is 4.46. The van der Waals surface area contributed by atoms with Crippen molar-refractivity contribution in [3.05, 3.63) is 65.5 Å². The molecule has 0 amide bonds. The Balaban J connectivity index is 2.03. The van der Waals surface area contributed by atoms with Gasteiger partial charge in [-0.1, -0.05) is 18.2 Å². The summed E-state index contributed by atoms with van der Waals surface area (Å²) < 4.78 is 28.4. The zero-order chi connectivity index (χ0) is 13.4. The molecule has 0 aliphatic rings. The summed E-state index contributed by atoms with van der Waals surface area (Å²) in [4.78, 5) is 4.47. The van der Waals surface area contributed by atoms with E-state index in [4.69, 9.17) is 0 Å². The van der Waals surface area contributed by atoms with Crippen molar-refractivity contribution in [2.75, 3.05) is 0 Å². The van der Waals surface area contributed by atoms with Gasteiger partial charge >= 0.3 is 0 Å². The summed E-state index contributed by atoms with van der Waals surface area (Å²) in [6.45, 7) is 0. The minimum Gasteiger partial charge on any atom is -0.331 e. The molecule has 0 aliphatic carbocycles. The largest absolute Gasteiger partial charge is 0.331 e. The van der Waals surface area contributed by atoms with Crippen LogP contribution in [0.4, 0.5) is 8.78 Å². The van der Waals surface area contributed by atoms with Crippen molar-refractivity contribution in [3.63, 3.8) is 0 Å². The molecule has 19 heavy (non-hydrogen) atoms. The lowest BCUT2D eigenvalue weighted by Gasteiger charge is -2.04. The van der Waals surface area contributed by atoms with Crippen molar-refractivity contribution >= 4 is 11.0 Å². The summed E-state index contributed by atoms with van der Waals surface area (Å²) in [5.41, 5.74) is 2.32. The number of aryl methyl sites for hydroxylation is 1. The maximum Gasteiger partial charge on any atom is 0.129 e. The van der Waals surface area contributed by atoms with Crippen molar-refractivity contribution in [3.8, 4) is 0 Å².